The van der Waals surface area contributed by atoms with Crippen molar-refractivity contribution in [3.63, 3.8) is 0 Å². The van der Waals surface area contributed by atoms with Crippen LogP contribution in [0.5, 0.6) is 23.0 Å². The predicted molar refractivity (Wildman–Crippen MR) is 497 cm³/mol. The second kappa shape index (κ2) is 46.6. The molecule has 146 heavy (non-hydrogen) atoms. The molecule has 0 aliphatic carbocycles. The van der Waals surface area contributed by atoms with Gasteiger partial charge in [0.2, 0.25) is 0 Å². The van der Waals surface area contributed by atoms with Gasteiger partial charge in [-0.2, -0.15) is 35.1 Å². The number of halogens is 28. The van der Waals surface area contributed by atoms with Gasteiger partial charge in [0, 0.05) is 46.5 Å². The average Bonchev–Trinajstić information content (AvgIpc) is 0.782. The minimum Gasteiger partial charge on any atom is -0.429 e. The van der Waals surface area contributed by atoms with Gasteiger partial charge >= 0.3 is 24.4 Å². The van der Waals surface area contributed by atoms with Gasteiger partial charge in [0.25, 0.3) is 0 Å². The van der Waals surface area contributed by atoms with Crippen molar-refractivity contribution < 1.29 is 142 Å². The topological polar surface area (TPSA) is 36.9 Å². The average molecular weight is 2050 g/mol. The Morgan fingerprint density at radius 1 is 0.164 bits per heavy atom. The van der Waals surface area contributed by atoms with Crippen LogP contribution in [0.3, 0.4) is 0 Å². The number of aryl methyl sites for hydroxylation is 4. The summed E-state index contributed by atoms with van der Waals surface area (Å²) in [6.45, 7) is 8.28. The molecule has 0 fully saturated rings. The summed E-state index contributed by atoms with van der Waals surface area (Å²) in [6.07, 6.45) is -8.21. The second-order valence-corrected chi connectivity index (χ2v) is 33.3. The number of alkyl halides is 8. The summed E-state index contributed by atoms with van der Waals surface area (Å²) < 4.78 is 416. The van der Waals surface area contributed by atoms with E-state index >= 15 is 0 Å². The zero-order chi connectivity index (χ0) is 106. The third-order valence-electron chi connectivity index (χ3n) is 23.0. The third-order valence-corrected chi connectivity index (χ3v) is 23.0. The molecule has 0 amide bonds. The van der Waals surface area contributed by atoms with Gasteiger partial charge in [-0.15, -0.1) is 0 Å². The molecule has 0 aromatic heterocycles. The first-order valence-corrected chi connectivity index (χ1v) is 45.0. The highest BCUT2D eigenvalue weighted by Gasteiger charge is 2.46. The standard InChI is InChI=1S/C30H23F7O.C29H21F7O.C28H19F7O.C27H17F7O/c1-2-3-4-5-18-6-8-19(9-7-18)20-10-12-23(25(32)14-20)21-15-27(34)29(28(35)16-21)30(36,37)38-22-11-13-24(31)26(33)17-22;1-2-3-4-17-5-7-18(8-6-17)19-9-11-22(24(31)13-19)20-14-26(33)28(27(34)15-20)29(35,36)37-21-10-12-23(30)25(32)16-21;1-2-3-16-4-6-17(7-5-16)18-8-10-21(23(30)12-18)19-13-25(32)27(26(33)14-19)28(34,35)36-20-9-11-22(29)24(31)15-20;1-2-15-3-5-16(6-4-15)17-7-9-20(22(29)11-17)18-12-24(31)26(25(32)13-18)27(33,34)35-19-8-10-21(28)23(30)14-19/h6-17H,2-5H2,1H3;5-16H,2-4H2,1H3;4-15H,2-3H2,1H3;3-14H,2H2,1H3. The van der Waals surface area contributed by atoms with Gasteiger partial charge in [-0.05, 0) is 249 Å². The summed E-state index contributed by atoms with van der Waals surface area (Å²) in [5, 5.41) is 0. The molecule has 4 nitrogen and oxygen atoms in total. The molecule has 0 unspecified atom stereocenters. The Bertz CT molecular complexity index is 7270. The molecule has 0 spiro atoms. The summed E-state index contributed by atoms with van der Waals surface area (Å²) in [5.74, 6) is -31.3. The van der Waals surface area contributed by atoms with Gasteiger partial charge in [0.15, 0.2) is 46.5 Å². The maximum atomic E-state index is 15.0. The lowest BCUT2D eigenvalue weighted by atomic mass is 9.97. The van der Waals surface area contributed by atoms with Crippen LogP contribution in [0, 0.1) is 116 Å². The molecule has 0 saturated carbocycles. The fourth-order valence-electron chi connectivity index (χ4n) is 15.5. The molecule has 756 valence electrons. The van der Waals surface area contributed by atoms with E-state index in [1.807, 2.05) is 104 Å². The zero-order valence-corrected chi connectivity index (χ0v) is 77.0. The number of unbranched alkanes of at least 4 members (excludes halogenated alkanes) is 3. The Morgan fingerprint density at radius 3 is 0.562 bits per heavy atom. The first-order valence-electron chi connectivity index (χ1n) is 45.0. The van der Waals surface area contributed by atoms with E-state index in [0.717, 1.165) is 109 Å². The van der Waals surface area contributed by atoms with Crippen molar-refractivity contribution >= 4 is 0 Å². The minimum absolute atomic E-state index is 0.195. The van der Waals surface area contributed by atoms with Crippen LogP contribution in [0.15, 0.2) is 291 Å². The van der Waals surface area contributed by atoms with Crippen molar-refractivity contribution in [3.05, 3.63) is 452 Å². The van der Waals surface area contributed by atoms with E-state index in [0.29, 0.717) is 144 Å². The molecule has 0 radical (unpaired) electrons. The Kier molecular flexibility index (Phi) is 34.5. The fraction of sp³-hybridized carbons (Fsp3) is 0.158. The highest BCUT2D eigenvalue weighted by molar-refractivity contribution is 5.76. The second-order valence-electron chi connectivity index (χ2n) is 33.3. The van der Waals surface area contributed by atoms with Crippen LogP contribution in [0.4, 0.5) is 123 Å². The van der Waals surface area contributed by atoms with Gasteiger partial charge in [0.05, 0.1) is 0 Å². The SMILES string of the molecule is CCCCCc1ccc(-c2ccc(-c3cc(F)c(C(F)(F)Oc4ccc(F)c(F)c4)c(F)c3)c(F)c2)cc1.CCCCc1ccc(-c2ccc(-c3cc(F)c(C(F)(F)Oc4ccc(F)c(F)c4)c(F)c3)c(F)c2)cc1.CCCc1ccc(-c2ccc(-c3cc(F)c(C(F)(F)Oc4ccc(F)c(F)c4)c(F)c3)c(F)c2)cc1.CCc1ccc(-c2ccc(-c3cc(F)c(C(F)(F)Oc4ccc(F)c(F)c4)c(F)c3)c(F)c2)cc1. The van der Waals surface area contributed by atoms with Crippen molar-refractivity contribution in [1.82, 2.24) is 0 Å². The first kappa shape index (κ1) is 108. The van der Waals surface area contributed by atoms with E-state index < -0.39 is 186 Å². The highest BCUT2D eigenvalue weighted by atomic mass is 19.3. The van der Waals surface area contributed by atoms with E-state index in [1.54, 1.807) is 24.3 Å². The van der Waals surface area contributed by atoms with E-state index in [4.69, 9.17) is 0 Å². The summed E-state index contributed by atoms with van der Waals surface area (Å²) >= 11 is 0. The monoisotopic (exact) mass is 2040 g/mol. The van der Waals surface area contributed by atoms with Gasteiger partial charge in [-0.1, -0.05) is 199 Å². The van der Waals surface area contributed by atoms with Crippen molar-refractivity contribution in [2.45, 2.75) is 116 Å². The summed E-state index contributed by atoms with van der Waals surface area (Å²) in [7, 11) is 0. The molecule has 32 heteroatoms. The number of ether oxygens (including phenoxy) is 4. The molecular weight excluding hydrogens is 1970 g/mol. The Labute approximate surface area is 818 Å². The predicted octanol–water partition coefficient (Wildman–Crippen LogP) is 36.0. The molecular formula is C114H80F28O4. The third kappa shape index (κ3) is 26.3. The molecule has 16 rings (SSSR count). The molecule has 0 aliphatic rings. The lowest BCUT2D eigenvalue weighted by Gasteiger charge is -2.20. The minimum atomic E-state index is -4.57. The summed E-state index contributed by atoms with van der Waals surface area (Å²) in [6, 6.07) is 57.0. The Morgan fingerprint density at radius 2 is 0.363 bits per heavy atom. The largest absolute Gasteiger partial charge is 0.432 e. The molecule has 0 bridgehead atoms. The van der Waals surface area contributed by atoms with Gasteiger partial charge in [-0.25, -0.2) is 87.8 Å². The van der Waals surface area contributed by atoms with Crippen LogP contribution in [-0.4, -0.2) is 0 Å². The number of hydrogen-bond acceptors (Lipinski definition) is 4. The van der Waals surface area contributed by atoms with Crippen molar-refractivity contribution in [2.24, 2.45) is 0 Å². The maximum Gasteiger partial charge on any atom is 0.432 e. The first-order chi connectivity index (χ1) is 69.3. The summed E-state index contributed by atoms with van der Waals surface area (Å²) in [5.41, 5.74) is 0.625. The van der Waals surface area contributed by atoms with Crippen LogP contribution in [0.1, 0.15) is 111 Å². The number of rotatable bonds is 30. The molecule has 0 heterocycles. The lowest BCUT2D eigenvalue weighted by molar-refractivity contribution is -0.190. The van der Waals surface area contributed by atoms with Gasteiger partial charge in [-0.3, -0.25) is 0 Å². The van der Waals surface area contributed by atoms with E-state index in [1.165, 1.54) is 48.5 Å². The molecule has 16 aromatic rings. The molecule has 0 atom stereocenters. The molecule has 0 aliphatic heterocycles. The molecule has 0 N–H and O–H groups in total. The highest BCUT2D eigenvalue weighted by Crippen LogP contribution is 2.46. The Hall–Kier alpha value is -15.2. The van der Waals surface area contributed by atoms with Crippen molar-refractivity contribution in [3.8, 4) is 112 Å². The van der Waals surface area contributed by atoms with Crippen molar-refractivity contribution in [2.75, 3.05) is 0 Å². The Balaban J connectivity index is 0.000000163. The normalized spacial score (nSPS) is 11.6. The molecule has 0 saturated heterocycles. The van der Waals surface area contributed by atoms with Crippen LogP contribution >= 0.6 is 0 Å². The maximum absolute atomic E-state index is 15.0. The van der Waals surface area contributed by atoms with Crippen LogP contribution in [0.2, 0.25) is 0 Å². The van der Waals surface area contributed by atoms with Gasteiger partial charge < -0.3 is 18.9 Å². The van der Waals surface area contributed by atoms with Crippen LogP contribution < -0.4 is 18.9 Å². The van der Waals surface area contributed by atoms with E-state index in [9.17, 15) is 123 Å². The van der Waals surface area contributed by atoms with Crippen molar-refractivity contribution in [1.29, 1.82) is 0 Å². The van der Waals surface area contributed by atoms with Crippen LogP contribution in [-0.2, 0) is 50.1 Å². The smallest absolute Gasteiger partial charge is 0.429 e. The van der Waals surface area contributed by atoms with E-state index in [2.05, 4.69) is 39.7 Å². The fourth-order valence-corrected chi connectivity index (χ4v) is 15.5. The number of benzene rings is 16. The quantitative estimate of drug-likeness (QED) is 0.0332. The summed E-state index contributed by atoms with van der Waals surface area (Å²) in [4.78, 5) is 0. The zero-order valence-electron chi connectivity index (χ0n) is 77.0. The van der Waals surface area contributed by atoms with E-state index in [-0.39, 0.29) is 44.5 Å². The van der Waals surface area contributed by atoms with Crippen LogP contribution in [0.25, 0.3) is 89.0 Å². The number of hydrogen-bond donors (Lipinski definition) is 0. The van der Waals surface area contributed by atoms with Gasteiger partial charge in [0.1, 0.15) is 115 Å². The molecule has 16 aromatic carbocycles. The lowest BCUT2D eigenvalue weighted by Crippen LogP contribution is -2.25.